The number of fused-ring (bicyclic) bond motifs is 2. The summed E-state index contributed by atoms with van der Waals surface area (Å²) in [5, 5.41) is 22.4. The number of phenols is 2. The highest BCUT2D eigenvalue weighted by Gasteiger charge is 2.02. The van der Waals surface area contributed by atoms with Crippen LogP contribution in [0.4, 0.5) is 0 Å². The van der Waals surface area contributed by atoms with Gasteiger partial charge in [0.2, 0.25) is 0 Å². The normalized spacial score (nSPS) is 10.4. The van der Waals surface area contributed by atoms with E-state index < -0.39 is 0 Å². The standard InChI is InChI=1S/2C12H10O2/c2*1-8(13)10-3-2-9-4-5-12(14)7-11(9)6-10/h2*2-7,14H,1H3. The Morgan fingerprint density at radius 2 is 0.893 bits per heavy atom. The lowest BCUT2D eigenvalue weighted by Crippen LogP contribution is -1.90. The quantitative estimate of drug-likeness (QED) is 0.456. The lowest BCUT2D eigenvalue weighted by Gasteiger charge is -2.00. The molecule has 0 aliphatic heterocycles. The van der Waals surface area contributed by atoms with Crippen LogP contribution in [0.3, 0.4) is 0 Å². The number of carbonyl (C=O) groups excluding carboxylic acids is 2. The second kappa shape index (κ2) is 7.92. The van der Waals surface area contributed by atoms with E-state index in [4.69, 9.17) is 0 Å². The van der Waals surface area contributed by atoms with Gasteiger partial charge in [-0.2, -0.15) is 0 Å². The highest BCUT2D eigenvalue weighted by atomic mass is 16.3. The first kappa shape index (κ1) is 19.1. The maximum absolute atomic E-state index is 11.1. The van der Waals surface area contributed by atoms with Crippen LogP contribution in [-0.4, -0.2) is 21.8 Å². The van der Waals surface area contributed by atoms with E-state index in [1.807, 2.05) is 24.3 Å². The highest BCUT2D eigenvalue weighted by Crippen LogP contribution is 2.22. The third-order valence-corrected chi connectivity index (χ3v) is 4.46. The molecule has 0 aromatic heterocycles. The van der Waals surface area contributed by atoms with Crippen molar-refractivity contribution in [2.75, 3.05) is 0 Å². The fourth-order valence-electron chi connectivity index (χ4n) is 2.91. The van der Waals surface area contributed by atoms with Crippen molar-refractivity contribution >= 4 is 33.1 Å². The molecular weight excluding hydrogens is 352 g/mol. The zero-order chi connectivity index (χ0) is 20.3. The monoisotopic (exact) mass is 372 g/mol. The Morgan fingerprint density at radius 1 is 0.536 bits per heavy atom. The molecule has 0 spiro atoms. The second-order valence-electron chi connectivity index (χ2n) is 6.60. The van der Waals surface area contributed by atoms with Crippen molar-refractivity contribution in [1.29, 1.82) is 0 Å². The molecule has 28 heavy (non-hydrogen) atoms. The molecule has 0 fully saturated rings. The van der Waals surface area contributed by atoms with E-state index in [1.54, 1.807) is 48.5 Å². The van der Waals surface area contributed by atoms with Gasteiger partial charge in [0.25, 0.3) is 0 Å². The summed E-state index contributed by atoms with van der Waals surface area (Å²) in [5.41, 5.74) is 1.34. The van der Waals surface area contributed by atoms with Gasteiger partial charge in [-0.25, -0.2) is 0 Å². The number of aromatic hydroxyl groups is 2. The van der Waals surface area contributed by atoms with E-state index in [9.17, 15) is 19.8 Å². The van der Waals surface area contributed by atoms with E-state index >= 15 is 0 Å². The number of rotatable bonds is 2. The van der Waals surface area contributed by atoms with Crippen LogP contribution in [0.25, 0.3) is 21.5 Å². The fourth-order valence-corrected chi connectivity index (χ4v) is 2.91. The molecule has 2 N–H and O–H groups in total. The second-order valence-corrected chi connectivity index (χ2v) is 6.60. The molecule has 4 aromatic carbocycles. The van der Waals surface area contributed by atoms with Gasteiger partial charge in [0.15, 0.2) is 11.6 Å². The van der Waals surface area contributed by atoms with Crippen LogP contribution in [0.15, 0.2) is 72.8 Å². The summed E-state index contributed by atoms with van der Waals surface area (Å²) in [5.74, 6) is 0.516. The van der Waals surface area contributed by atoms with Gasteiger partial charge in [-0.1, -0.05) is 36.4 Å². The van der Waals surface area contributed by atoms with Crippen molar-refractivity contribution < 1.29 is 19.8 Å². The van der Waals surface area contributed by atoms with E-state index in [0.717, 1.165) is 21.5 Å². The average molecular weight is 372 g/mol. The van der Waals surface area contributed by atoms with Crippen molar-refractivity contribution in [3.63, 3.8) is 0 Å². The molecule has 0 heterocycles. The number of benzene rings is 4. The summed E-state index contributed by atoms with van der Waals surface area (Å²) in [7, 11) is 0. The van der Waals surface area contributed by atoms with Gasteiger partial charge < -0.3 is 10.2 Å². The molecule has 4 aromatic rings. The molecule has 0 unspecified atom stereocenters. The predicted molar refractivity (Wildman–Crippen MR) is 111 cm³/mol. The Balaban J connectivity index is 0.000000161. The van der Waals surface area contributed by atoms with Crippen LogP contribution >= 0.6 is 0 Å². The molecule has 0 saturated heterocycles. The minimum absolute atomic E-state index is 0.0373. The first-order valence-electron chi connectivity index (χ1n) is 8.81. The summed E-state index contributed by atoms with van der Waals surface area (Å²) in [6, 6.07) is 21.2. The SMILES string of the molecule is CC(=O)c1ccc2ccc(O)cc2c1.CC(=O)c1ccc2ccc(O)cc2c1. The highest BCUT2D eigenvalue weighted by molar-refractivity contribution is 5.99. The molecule has 0 radical (unpaired) electrons. The number of hydrogen-bond donors (Lipinski definition) is 2. The number of Topliss-reactive ketones (excluding diaryl/α,β-unsaturated/α-hetero) is 2. The van der Waals surface area contributed by atoms with Crippen LogP contribution in [-0.2, 0) is 0 Å². The Hall–Kier alpha value is -3.66. The van der Waals surface area contributed by atoms with Gasteiger partial charge in [0.05, 0.1) is 0 Å². The number of hydrogen-bond acceptors (Lipinski definition) is 4. The molecule has 0 atom stereocenters. The van der Waals surface area contributed by atoms with Crippen molar-refractivity contribution in [2.45, 2.75) is 13.8 Å². The molecular formula is C24H20O4. The van der Waals surface area contributed by atoms with Crippen LogP contribution in [0.5, 0.6) is 11.5 Å². The molecule has 4 heteroatoms. The fraction of sp³-hybridized carbons (Fsp3) is 0.0833. The van der Waals surface area contributed by atoms with E-state index in [0.29, 0.717) is 11.1 Å². The van der Waals surface area contributed by atoms with Crippen LogP contribution in [0.1, 0.15) is 34.6 Å². The largest absolute Gasteiger partial charge is 0.508 e. The lowest BCUT2D eigenvalue weighted by atomic mass is 10.0. The van der Waals surface area contributed by atoms with Gasteiger partial charge in [0, 0.05) is 11.1 Å². The van der Waals surface area contributed by atoms with Gasteiger partial charge in [-0.05, 0) is 71.8 Å². The Morgan fingerprint density at radius 3 is 1.25 bits per heavy atom. The van der Waals surface area contributed by atoms with E-state index in [-0.39, 0.29) is 23.1 Å². The summed E-state index contributed by atoms with van der Waals surface area (Å²) < 4.78 is 0. The minimum Gasteiger partial charge on any atom is -0.508 e. The molecule has 0 aliphatic rings. The van der Waals surface area contributed by atoms with Crippen molar-refractivity contribution in [3.05, 3.63) is 83.9 Å². The Kier molecular flexibility index (Phi) is 5.41. The Bertz CT molecular complexity index is 1100. The zero-order valence-electron chi connectivity index (χ0n) is 15.6. The van der Waals surface area contributed by atoms with Crippen molar-refractivity contribution in [1.82, 2.24) is 0 Å². The van der Waals surface area contributed by atoms with Crippen LogP contribution < -0.4 is 0 Å². The average Bonchev–Trinajstić information content (AvgIpc) is 2.67. The first-order valence-corrected chi connectivity index (χ1v) is 8.81. The van der Waals surface area contributed by atoms with Gasteiger partial charge in [-0.3, -0.25) is 9.59 Å². The summed E-state index contributed by atoms with van der Waals surface area (Å²) >= 11 is 0. The maximum Gasteiger partial charge on any atom is 0.159 e. The summed E-state index contributed by atoms with van der Waals surface area (Å²) in [6.07, 6.45) is 0. The topological polar surface area (TPSA) is 74.6 Å². The molecule has 0 amide bonds. The molecule has 0 aliphatic carbocycles. The molecule has 0 saturated carbocycles. The molecule has 140 valence electrons. The third kappa shape index (κ3) is 4.35. The molecule has 4 rings (SSSR count). The Labute approximate surface area is 162 Å². The first-order chi connectivity index (χ1) is 13.3. The van der Waals surface area contributed by atoms with E-state index in [1.165, 1.54) is 13.8 Å². The summed E-state index contributed by atoms with van der Waals surface area (Å²) in [4.78, 5) is 22.2. The van der Waals surface area contributed by atoms with Crippen molar-refractivity contribution in [3.8, 4) is 11.5 Å². The van der Waals surface area contributed by atoms with E-state index in [2.05, 4.69) is 0 Å². The molecule has 4 nitrogen and oxygen atoms in total. The maximum atomic E-state index is 11.1. The summed E-state index contributed by atoms with van der Waals surface area (Å²) in [6.45, 7) is 3.06. The third-order valence-electron chi connectivity index (χ3n) is 4.46. The number of phenolic OH excluding ortho intramolecular Hbond substituents is 2. The smallest absolute Gasteiger partial charge is 0.159 e. The van der Waals surface area contributed by atoms with Crippen LogP contribution in [0.2, 0.25) is 0 Å². The number of ketones is 2. The minimum atomic E-state index is 0.0373. The molecule has 0 bridgehead atoms. The predicted octanol–water partition coefficient (Wildman–Crippen LogP) is 5.50. The van der Waals surface area contributed by atoms with Gasteiger partial charge in [-0.15, -0.1) is 0 Å². The lowest BCUT2D eigenvalue weighted by molar-refractivity contribution is 0.100. The van der Waals surface area contributed by atoms with Crippen LogP contribution in [0, 0.1) is 0 Å². The zero-order valence-corrected chi connectivity index (χ0v) is 15.6. The van der Waals surface area contributed by atoms with Gasteiger partial charge >= 0.3 is 0 Å². The van der Waals surface area contributed by atoms with Crippen molar-refractivity contribution in [2.24, 2.45) is 0 Å². The number of carbonyl (C=O) groups is 2. The van der Waals surface area contributed by atoms with Gasteiger partial charge in [0.1, 0.15) is 11.5 Å².